The lowest BCUT2D eigenvalue weighted by molar-refractivity contribution is 0.192. The molecule has 0 aromatic heterocycles. The predicted octanol–water partition coefficient (Wildman–Crippen LogP) is 2.15. The molecular weight excluding hydrogens is 216 g/mol. The summed E-state index contributed by atoms with van der Waals surface area (Å²) in [6.07, 6.45) is 0. The van der Waals surface area contributed by atoms with Crippen LogP contribution >= 0.6 is 0 Å². The molecule has 94 valence electrons. The van der Waals surface area contributed by atoms with Crippen molar-refractivity contribution in [1.29, 1.82) is 0 Å². The third kappa shape index (κ3) is 3.75. The maximum absolute atomic E-state index is 11.9. The summed E-state index contributed by atoms with van der Waals surface area (Å²) < 4.78 is 0. The number of carbonyl (C=O) groups excluding carboxylic acids is 1. The van der Waals surface area contributed by atoms with Crippen LogP contribution in [0.2, 0.25) is 0 Å². The lowest BCUT2D eigenvalue weighted by atomic mass is 10.1. The molecule has 0 unspecified atom stereocenters. The molecule has 0 saturated heterocycles. The van der Waals surface area contributed by atoms with Crippen molar-refractivity contribution >= 4 is 11.7 Å². The summed E-state index contributed by atoms with van der Waals surface area (Å²) in [6, 6.07) is 5.76. The van der Waals surface area contributed by atoms with Gasteiger partial charge in [0.05, 0.1) is 6.61 Å². The van der Waals surface area contributed by atoms with E-state index in [-0.39, 0.29) is 12.6 Å². The molecule has 0 aliphatic rings. The summed E-state index contributed by atoms with van der Waals surface area (Å²) >= 11 is 0. The van der Waals surface area contributed by atoms with Crippen molar-refractivity contribution in [3.8, 4) is 0 Å². The summed E-state index contributed by atoms with van der Waals surface area (Å²) in [7, 11) is 0. The Morgan fingerprint density at radius 1 is 1.41 bits per heavy atom. The Morgan fingerprint density at radius 2 is 2.12 bits per heavy atom. The highest BCUT2D eigenvalue weighted by Crippen LogP contribution is 2.16. The Morgan fingerprint density at radius 3 is 2.71 bits per heavy atom. The third-order valence-corrected chi connectivity index (χ3v) is 2.67. The number of urea groups is 1. The number of benzene rings is 1. The molecule has 0 aliphatic heterocycles. The number of nitrogens with zero attached hydrogens (tertiary/aromatic N) is 1. The zero-order valence-electron chi connectivity index (χ0n) is 10.7. The van der Waals surface area contributed by atoms with Crippen molar-refractivity contribution in [2.45, 2.75) is 20.8 Å². The summed E-state index contributed by atoms with van der Waals surface area (Å²) in [6.45, 7) is 6.74. The molecule has 0 fully saturated rings. The predicted molar refractivity (Wildman–Crippen MR) is 69.3 cm³/mol. The van der Waals surface area contributed by atoms with Gasteiger partial charge in [0.15, 0.2) is 0 Å². The van der Waals surface area contributed by atoms with Crippen molar-refractivity contribution in [1.82, 2.24) is 4.90 Å². The van der Waals surface area contributed by atoms with Crippen LogP contribution in [-0.2, 0) is 0 Å². The largest absolute Gasteiger partial charge is 0.395 e. The van der Waals surface area contributed by atoms with Gasteiger partial charge in [-0.3, -0.25) is 0 Å². The zero-order valence-corrected chi connectivity index (χ0v) is 10.7. The van der Waals surface area contributed by atoms with E-state index in [0.29, 0.717) is 13.1 Å². The maximum Gasteiger partial charge on any atom is 0.321 e. The Hall–Kier alpha value is -1.55. The minimum Gasteiger partial charge on any atom is -0.395 e. The Bertz CT molecular complexity index is 391. The van der Waals surface area contributed by atoms with Gasteiger partial charge in [-0.05, 0) is 38.0 Å². The minimum atomic E-state index is -0.171. The fraction of sp³-hybridized carbons (Fsp3) is 0.462. The lowest BCUT2D eigenvalue weighted by Gasteiger charge is -2.21. The van der Waals surface area contributed by atoms with Crippen LogP contribution in [0.1, 0.15) is 18.1 Å². The van der Waals surface area contributed by atoms with Gasteiger partial charge in [-0.15, -0.1) is 0 Å². The molecular formula is C13H20N2O2. The molecule has 0 saturated carbocycles. The highest BCUT2D eigenvalue weighted by molar-refractivity contribution is 5.90. The van der Waals surface area contributed by atoms with Crippen LogP contribution in [0.15, 0.2) is 18.2 Å². The SMILES string of the molecule is CCN(CCO)C(=O)Nc1cc(C)ccc1C. The second-order valence-corrected chi connectivity index (χ2v) is 4.05. The van der Waals surface area contributed by atoms with E-state index in [2.05, 4.69) is 5.32 Å². The molecule has 0 aliphatic carbocycles. The van der Waals surface area contributed by atoms with E-state index in [4.69, 9.17) is 5.11 Å². The summed E-state index contributed by atoms with van der Waals surface area (Å²) in [5.41, 5.74) is 2.96. The first kappa shape index (κ1) is 13.5. The fourth-order valence-corrected chi connectivity index (χ4v) is 1.59. The fourth-order valence-electron chi connectivity index (χ4n) is 1.59. The Balaban J connectivity index is 2.76. The van der Waals surface area contributed by atoms with Crippen LogP contribution in [0.3, 0.4) is 0 Å². The van der Waals surface area contributed by atoms with Gasteiger partial charge in [-0.1, -0.05) is 12.1 Å². The zero-order chi connectivity index (χ0) is 12.8. The van der Waals surface area contributed by atoms with Crippen molar-refractivity contribution in [3.63, 3.8) is 0 Å². The molecule has 2 amide bonds. The summed E-state index contributed by atoms with van der Waals surface area (Å²) in [5.74, 6) is 0. The molecule has 4 nitrogen and oxygen atoms in total. The van der Waals surface area contributed by atoms with Crippen molar-refractivity contribution in [2.75, 3.05) is 25.0 Å². The third-order valence-electron chi connectivity index (χ3n) is 2.67. The molecule has 0 atom stereocenters. The van der Waals surface area contributed by atoms with E-state index in [0.717, 1.165) is 16.8 Å². The molecule has 0 bridgehead atoms. The topological polar surface area (TPSA) is 52.6 Å². The smallest absolute Gasteiger partial charge is 0.321 e. The molecule has 1 aromatic carbocycles. The van der Waals surface area contributed by atoms with Gasteiger partial charge in [0.2, 0.25) is 0 Å². The molecule has 0 heterocycles. The molecule has 4 heteroatoms. The second-order valence-electron chi connectivity index (χ2n) is 4.05. The van der Waals surface area contributed by atoms with Crippen LogP contribution in [0.25, 0.3) is 0 Å². The van der Waals surface area contributed by atoms with Gasteiger partial charge in [-0.25, -0.2) is 4.79 Å². The van der Waals surface area contributed by atoms with Crippen LogP contribution in [0, 0.1) is 13.8 Å². The number of rotatable bonds is 4. The Kier molecular flexibility index (Phi) is 4.97. The molecule has 0 spiro atoms. The number of anilines is 1. The number of nitrogens with one attached hydrogen (secondary N) is 1. The molecule has 17 heavy (non-hydrogen) atoms. The number of aliphatic hydroxyl groups excluding tert-OH is 1. The number of hydrogen-bond acceptors (Lipinski definition) is 2. The van der Waals surface area contributed by atoms with Crippen molar-refractivity contribution in [3.05, 3.63) is 29.3 Å². The van der Waals surface area contributed by atoms with Crippen LogP contribution in [0.4, 0.5) is 10.5 Å². The van der Waals surface area contributed by atoms with E-state index < -0.39 is 0 Å². The molecule has 1 rings (SSSR count). The van der Waals surface area contributed by atoms with Gasteiger partial charge in [0.1, 0.15) is 0 Å². The van der Waals surface area contributed by atoms with E-state index in [1.807, 2.05) is 39.0 Å². The van der Waals surface area contributed by atoms with Crippen LogP contribution < -0.4 is 5.32 Å². The van der Waals surface area contributed by atoms with Gasteiger partial charge < -0.3 is 15.3 Å². The molecule has 0 radical (unpaired) electrons. The number of amides is 2. The number of aryl methyl sites for hydroxylation is 2. The average Bonchev–Trinajstić information content (AvgIpc) is 2.30. The molecule has 2 N–H and O–H groups in total. The first-order valence-corrected chi connectivity index (χ1v) is 5.82. The standard InChI is InChI=1S/C13H20N2O2/c1-4-15(7-8-16)13(17)14-12-9-10(2)5-6-11(12)3/h5-6,9,16H,4,7-8H2,1-3H3,(H,14,17). The lowest BCUT2D eigenvalue weighted by Crippen LogP contribution is -2.36. The van der Waals surface area contributed by atoms with Gasteiger partial charge >= 0.3 is 6.03 Å². The number of likely N-dealkylation sites (N-methyl/N-ethyl adjacent to an activating group) is 1. The van der Waals surface area contributed by atoms with Gasteiger partial charge in [0.25, 0.3) is 0 Å². The first-order valence-electron chi connectivity index (χ1n) is 5.82. The highest BCUT2D eigenvalue weighted by atomic mass is 16.3. The van der Waals surface area contributed by atoms with Gasteiger partial charge in [-0.2, -0.15) is 0 Å². The van der Waals surface area contributed by atoms with E-state index >= 15 is 0 Å². The quantitative estimate of drug-likeness (QED) is 0.841. The number of hydrogen-bond donors (Lipinski definition) is 2. The van der Waals surface area contributed by atoms with E-state index in [1.165, 1.54) is 0 Å². The van der Waals surface area contributed by atoms with E-state index in [1.54, 1.807) is 4.90 Å². The van der Waals surface area contributed by atoms with Crippen molar-refractivity contribution < 1.29 is 9.90 Å². The highest BCUT2D eigenvalue weighted by Gasteiger charge is 2.11. The van der Waals surface area contributed by atoms with E-state index in [9.17, 15) is 4.79 Å². The minimum absolute atomic E-state index is 0.0198. The van der Waals surface area contributed by atoms with Crippen LogP contribution in [-0.4, -0.2) is 35.7 Å². The monoisotopic (exact) mass is 236 g/mol. The second kappa shape index (κ2) is 6.25. The normalized spacial score (nSPS) is 10.1. The average molecular weight is 236 g/mol. The van der Waals surface area contributed by atoms with Crippen molar-refractivity contribution in [2.24, 2.45) is 0 Å². The maximum atomic E-state index is 11.9. The van der Waals surface area contributed by atoms with Gasteiger partial charge in [0, 0.05) is 18.8 Å². The first-order chi connectivity index (χ1) is 8.08. The number of aliphatic hydroxyl groups is 1. The summed E-state index contributed by atoms with van der Waals surface area (Å²) in [4.78, 5) is 13.5. The van der Waals surface area contributed by atoms with Crippen LogP contribution in [0.5, 0.6) is 0 Å². The number of carbonyl (C=O) groups is 1. The molecule has 1 aromatic rings. The summed E-state index contributed by atoms with van der Waals surface area (Å²) in [5, 5.41) is 11.7. The Labute approximate surface area is 102 Å².